The van der Waals surface area contributed by atoms with E-state index in [9.17, 15) is 0 Å². The molecule has 90 valence electrons. The van der Waals surface area contributed by atoms with E-state index in [1.54, 1.807) is 17.1 Å². The Morgan fingerprint density at radius 1 is 1.28 bits per heavy atom. The van der Waals surface area contributed by atoms with Crippen LogP contribution in [0.3, 0.4) is 0 Å². The third-order valence-corrected chi connectivity index (χ3v) is 2.99. The first-order chi connectivity index (χ1) is 8.78. The number of hydrogen-bond donors (Lipinski definition) is 1. The lowest BCUT2D eigenvalue weighted by atomic mass is 10.1. The van der Waals surface area contributed by atoms with E-state index in [-0.39, 0.29) is 0 Å². The molecule has 0 amide bonds. The molecule has 18 heavy (non-hydrogen) atoms. The molecule has 2 N–H and O–H groups in total. The fourth-order valence-electron chi connectivity index (χ4n) is 1.94. The molecule has 0 bridgehead atoms. The van der Waals surface area contributed by atoms with Crippen molar-refractivity contribution in [1.82, 2.24) is 14.8 Å². The van der Waals surface area contributed by atoms with Crippen LogP contribution in [0.2, 0.25) is 5.02 Å². The zero-order chi connectivity index (χ0) is 12.5. The summed E-state index contributed by atoms with van der Waals surface area (Å²) in [5.41, 5.74) is 7.73. The molecule has 0 radical (unpaired) electrons. The van der Waals surface area contributed by atoms with Crippen molar-refractivity contribution in [2.45, 2.75) is 6.54 Å². The lowest BCUT2D eigenvalue weighted by molar-refractivity contribution is 0.848. The number of hydrogen-bond acceptors (Lipinski definition) is 3. The molecule has 0 aliphatic rings. The second-order valence-corrected chi connectivity index (χ2v) is 4.40. The summed E-state index contributed by atoms with van der Waals surface area (Å²) in [5, 5.41) is 5.80. The van der Waals surface area contributed by atoms with Gasteiger partial charge in [0, 0.05) is 11.9 Å². The molecule has 3 rings (SSSR count). The van der Waals surface area contributed by atoms with Crippen LogP contribution in [0.4, 0.5) is 0 Å². The first kappa shape index (κ1) is 11.2. The van der Waals surface area contributed by atoms with Gasteiger partial charge in [-0.3, -0.25) is 0 Å². The average molecular weight is 259 g/mol. The van der Waals surface area contributed by atoms with Gasteiger partial charge in [0.2, 0.25) is 0 Å². The summed E-state index contributed by atoms with van der Waals surface area (Å²) in [6, 6.07) is 9.85. The largest absolute Gasteiger partial charge is 0.326 e. The summed E-state index contributed by atoms with van der Waals surface area (Å²) in [6.07, 6.45) is 3.31. The second kappa shape index (κ2) is 4.40. The lowest BCUT2D eigenvalue weighted by Crippen LogP contribution is -2.03. The van der Waals surface area contributed by atoms with Crippen LogP contribution in [0.25, 0.3) is 16.7 Å². The standard InChI is InChI=1S/C13H11ClN4/c14-10-7-16-18(8-10)13-5-9(6-15)11-3-1-2-4-12(11)17-13/h1-5,7-8H,6,15H2. The Balaban J connectivity index is 2.25. The highest BCUT2D eigenvalue weighted by molar-refractivity contribution is 6.30. The molecule has 0 unspecified atom stereocenters. The Kier molecular flexibility index (Phi) is 2.74. The third-order valence-electron chi connectivity index (χ3n) is 2.79. The van der Waals surface area contributed by atoms with E-state index in [2.05, 4.69) is 10.1 Å². The van der Waals surface area contributed by atoms with Gasteiger partial charge in [0.25, 0.3) is 0 Å². The van der Waals surface area contributed by atoms with Gasteiger partial charge < -0.3 is 5.73 Å². The average Bonchev–Trinajstić information content (AvgIpc) is 2.84. The molecule has 5 heteroatoms. The number of aromatic nitrogens is 3. The SMILES string of the molecule is NCc1cc(-n2cc(Cl)cn2)nc2ccccc12. The molecule has 0 spiro atoms. The Labute approximate surface area is 109 Å². The first-order valence-electron chi connectivity index (χ1n) is 5.57. The van der Waals surface area contributed by atoms with Crippen LogP contribution in [0.1, 0.15) is 5.56 Å². The zero-order valence-corrected chi connectivity index (χ0v) is 10.3. The molecule has 0 saturated carbocycles. The molecule has 1 aromatic carbocycles. The highest BCUT2D eigenvalue weighted by Crippen LogP contribution is 2.20. The number of rotatable bonds is 2. The molecule has 4 nitrogen and oxygen atoms in total. The smallest absolute Gasteiger partial charge is 0.154 e. The van der Waals surface area contributed by atoms with E-state index in [1.165, 1.54) is 0 Å². The van der Waals surface area contributed by atoms with Crippen LogP contribution in [0.5, 0.6) is 0 Å². The van der Waals surface area contributed by atoms with Gasteiger partial charge in [-0.2, -0.15) is 5.10 Å². The molecule has 0 atom stereocenters. The van der Waals surface area contributed by atoms with Gasteiger partial charge in [-0.05, 0) is 17.7 Å². The molecule has 2 heterocycles. The van der Waals surface area contributed by atoms with E-state index in [0.29, 0.717) is 11.6 Å². The molecule has 3 aromatic rings. The second-order valence-electron chi connectivity index (χ2n) is 3.96. The van der Waals surface area contributed by atoms with Crippen LogP contribution in [0.15, 0.2) is 42.7 Å². The number of benzene rings is 1. The number of nitrogens with zero attached hydrogens (tertiary/aromatic N) is 3. The summed E-state index contributed by atoms with van der Waals surface area (Å²) in [7, 11) is 0. The van der Waals surface area contributed by atoms with Crippen LogP contribution in [-0.2, 0) is 6.54 Å². The van der Waals surface area contributed by atoms with Crippen molar-refractivity contribution in [2.24, 2.45) is 5.73 Å². The molecule has 0 aliphatic heterocycles. The predicted molar refractivity (Wildman–Crippen MR) is 71.8 cm³/mol. The zero-order valence-electron chi connectivity index (χ0n) is 9.55. The minimum Gasteiger partial charge on any atom is -0.326 e. The summed E-state index contributed by atoms with van der Waals surface area (Å²) >= 11 is 5.87. The van der Waals surface area contributed by atoms with E-state index >= 15 is 0 Å². The molecular weight excluding hydrogens is 248 g/mol. The lowest BCUT2D eigenvalue weighted by Gasteiger charge is -2.07. The van der Waals surface area contributed by atoms with Gasteiger partial charge in [-0.1, -0.05) is 29.8 Å². The molecule has 0 aliphatic carbocycles. The molecule has 0 fully saturated rings. The van der Waals surface area contributed by atoms with E-state index in [1.807, 2.05) is 30.3 Å². The summed E-state index contributed by atoms with van der Waals surface area (Å²) in [5.74, 6) is 0.723. The molecule has 2 aromatic heterocycles. The highest BCUT2D eigenvalue weighted by atomic mass is 35.5. The third kappa shape index (κ3) is 1.85. The van der Waals surface area contributed by atoms with Crippen LogP contribution < -0.4 is 5.73 Å². The van der Waals surface area contributed by atoms with Gasteiger partial charge in [0.15, 0.2) is 5.82 Å². The van der Waals surface area contributed by atoms with Crippen molar-refractivity contribution in [3.63, 3.8) is 0 Å². The summed E-state index contributed by atoms with van der Waals surface area (Å²) in [4.78, 5) is 4.55. The van der Waals surface area contributed by atoms with E-state index < -0.39 is 0 Å². The summed E-state index contributed by atoms with van der Waals surface area (Å²) < 4.78 is 1.65. The van der Waals surface area contributed by atoms with Crippen molar-refractivity contribution in [3.05, 3.63) is 53.3 Å². The monoisotopic (exact) mass is 258 g/mol. The minimum atomic E-state index is 0.463. The fraction of sp³-hybridized carbons (Fsp3) is 0.0769. The Hall–Kier alpha value is -1.91. The Morgan fingerprint density at radius 2 is 2.11 bits per heavy atom. The van der Waals surface area contributed by atoms with Crippen molar-refractivity contribution < 1.29 is 0 Å². The van der Waals surface area contributed by atoms with E-state index in [0.717, 1.165) is 22.3 Å². The van der Waals surface area contributed by atoms with Crippen molar-refractivity contribution in [3.8, 4) is 5.82 Å². The van der Waals surface area contributed by atoms with Gasteiger partial charge in [0.05, 0.1) is 22.9 Å². The highest BCUT2D eigenvalue weighted by Gasteiger charge is 2.06. The van der Waals surface area contributed by atoms with Crippen LogP contribution >= 0.6 is 11.6 Å². The molecule has 0 saturated heterocycles. The maximum atomic E-state index is 5.87. The topological polar surface area (TPSA) is 56.7 Å². The fourth-order valence-corrected chi connectivity index (χ4v) is 2.08. The summed E-state index contributed by atoms with van der Waals surface area (Å²) in [6.45, 7) is 0.463. The number of fused-ring (bicyclic) bond motifs is 1. The first-order valence-corrected chi connectivity index (χ1v) is 5.95. The van der Waals surface area contributed by atoms with Gasteiger partial charge >= 0.3 is 0 Å². The Morgan fingerprint density at radius 3 is 2.83 bits per heavy atom. The van der Waals surface area contributed by atoms with Crippen LogP contribution in [0, 0.1) is 0 Å². The van der Waals surface area contributed by atoms with Gasteiger partial charge in [-0.25, -0.2) is 9.67 Å². The minimum absolute atomic E-state index is 0.463. The van der Waals surface area contributed by atoms with Crippen molar-refractivity contribution >= 4 is 22.5 Å². The van der Waals surface area contributed by atoms with Crippen molar-refractivity contribution in [1.29, 1.82) is 0 Å². The van der Waals surface area contributed by atoms with Crippen LogP contribution in [-0.4, -0.2) is 14.8 Å². The van der Waals surface area contributed by atoms with Gasteiger partial charge in [0.1, 0.15) is 0 Å². The number of para-hydroxylation sites is 1. The van der Waals surface area contributed by atoms with Gasteiger partial charge in [-0.15, -0.1) is 0 Å². The normalized spacial score (nSPS) is 11.0. The maximum absolute atomic E-state index is 5.87. The maximum Gasteiger partial charge on any atom is 0.154 e. The number of pyridine rings is 1. The predicted octanol–water partition coefficient (Wildman–Crippen LogP) is 2.53. The van der Waals surface area contributed by atoms with Crippen molar-refractivity contribution in [2.75, 3.05) is 0 Å². The number of nitrogens with two attached hydrogens (primary N) is 1. The quantitative estimate of drug-likeness (QED) is 0.768. The molecular formula is C13H11ClN4. The number of halogens is 1. The van der Waals surface area contributed by atoms with E-state index in [4.69, 9.17) is 17.3 Å². The Bertz CT molecular complexity index is 705.